The highest BCUT2D eigenvalue weighted by Crippen LogP contribution is 2.18. The lowest BCUT2D eigenvalue weighted by Gasteiger charge is -2.33. The summed E-state index contributed by atoms with van der Waals surface area (Å²) in [5, 5.41) is 9.70. The number of likely N-dealkylation sites (tertiary alicyclic amines) is 1. The minimum Gasteiger partial charge on any atom is -0.484 e. The van der Waals surface area contributed by atoms with Gasteiger partial charge in [-0.05, 0) is 76.6 Å². The number of benzene rings is 1. The van der Waals surface area contributed by atoms with Gasteiger partial charge in [0.15, 0.2) is 12.6 Å². The topological polar surface area (TPSA) is 78.0 Å². The molecule has 1 unspecified atom stereocenters. The summed E-state index contributed by atoms with van der Waals surface area (Å²) >= 11 is 0. The van der Waals surface area contributed by atoms with Gasteiger partial charge in [0.2, 0.25) is 0 Å². The van der Waals surface area contributed by atoms with Crippen LogP contribution >= 0.6 is 24.0 Å². The fraction of sp³-hybridized carbons (Fsp3) is 0.680. The van der Waals surface area contributed by atoms with Gasteiger partial charge in [0.05, 0.1) is 0 Å². The summed E-state index contributed by atoms with van der Waals surface area (Å²) in [6, 6.07) is 9.06. The Hall–Kier alpha value is -1.55. The summed E-state index contributed by atoms with van der Waals surface area (Å²) in [6.45, 7) is 9.42. The SMILES string of the molecule is CCNC(=NCCCN1CCCCC1C)NCCc1ccc(OCC(=O)NC2CC2)cc1.I. The molecular formula is C25H42IN5O2. The molecule has 1 aromatic carbocycles. The first-order chi connectivity index (χ1) is 15.6. The quantitative estimate of drug-likeness (QED) is 0.155. The van der Waals surface area contributed by atoms with Crippen LogP contribution in [0.15, 0.2) is 29.3 Å². The number of hydrogen-bond donors (Lipinski definition) is 3. The van der Waals surface area contributed by atoms with Crippen molar-refractivity contribution in [1.82, 2.24) is 20.9 Å². The zero-order valence-corrected chi connectivity index (χ0v) is 22.6. The van der Waals surface area contributed by atoms with Crippen LogP contribution in [0.1, 0.15) is 57.9 Å². The van der Waals surface area contributed by atoms with E-state index in [9.17, 15) is 4.79 Å². The second-order valence-electron chi connectivity index (χ2n) is 8.95. The van der Waals surface area contributed by atoms with Gasteiger partial charge in [-0.1, -0.05) is 18.6 Å². The molecule has 2 fully saturated rings. The minimum atomic E-state index is -0.0403. The minimum absolute atomic E-state index is 0. The van der Waals surface area contributed by atoms with Crippen molar-refractivity contribution in [2.75, 3.05) is 39.3 Å². The second-order valence-corrected chi connectivity index (χ2v) is 8.95. The van der Waals surface area contributed by atoms with Gasteiger partial charge < -0.3 is 25.6 Å². The summed E-state index contributed by atoms with van der Waals surface area (Å²) in [5.74, 6) is 1.58. The van der Waals surface area contributed by atoms with Gasteiger partial charge in [0.1, 0.15) is 5.75 Å². The Kier molecular flexibility index (Phi) is 12.9. The molecule has 0 aromatic heterocycles. The number of ether oxygens (including phenoxy) is 1. The Morgan fingerprint density at radius 3 is 2.64 bits per heavy atom. The van der Waals surface area contributed by atoms with E-state index in [0.29, 0.717) is 6.04 Å². The van der Waals surface area contributed by atoms with Gasteiger partial charge >= 0.3 is 0 Å². The number of carbonyl (C=O) groups excluding carboxylic acids is 1. The summed E-state index contributed by atoms with van der Waals surface area (Å²) < 4.78 is 5.57. The third kappa shape index (κ3) is 10.9. The molecule has 1 aliphatic heterocycles. The van der Waals surface area contributed by atoms with E-state index in [1.807, 2.05) is 12.1 Å². The molecule has 1 heterocycles. The van der Waals surface area contributed by atoms with Crippen molar-refractivity contribution in [1.29, 1.82) is 0 Å². The van der Waals surface area contributed by atoms with E-state index in [1.165, 1.54) is 31.4 Å². The van der Waals surface area contributed by atoms with Gasteiger partial charge in [0.25, 0.3) is 5.91 Å². The zero-order valence-electron chi connectivity index (χ0n) is 20.3. The molecule has 3 rings (SSSR count). The Morgan fingerprint density at radius 1 is 1.15 bits per heavy atom. The predicted molar refractivity (Wildman–Crippen MR) is 146 cm³/mol. The van der Waals surface area contributed by atoms with Crippen molar-refractivity contribution in [2.24, 2.45) is 4.99 Å². The second kappa shape index (κ2) is 15.4. The van der Waals surface area contributed by atoms with E-state index in [0.717, 1.165) is 69.6 Å². The number of carbonyl (C=O) groups is 1. The van der Waals surface area contributed by atoms with Crippen LogP contribution in [0.4, 0.5) is 0 Å². The predicted octanol–water partition coefficient (Wildman–Crippen LogP) is 3.32. The third-order valence-electron chi connectivity index (χ3n) is 6.10. The highest BCUT2D eigenvalue weighted by molar-refractivity contribution is 14.0. The van der Waals surface area contributed by atoms with Gasteiger partial charge in [-0.15, -0.1) is 24.0 Å². The molecule has 1 aromatic rings. The monoisotopic (exact) mass is 571 g/mol. The van der Waals surface area contributed by atoms with Crippen LogP contribution in [-0.2, 0) is 11.2 Å². The fourth-order valence-corrected chi connectivity index (χ4v) is 4.02. The molecule has 1 saturated carbocycles. The Labute approximate surface area is 216 Å². The standard InChI is InChI=1S/C25H41N5O2.HI/c1-3-26-25(27-15-6-18-30-17-5-4-7-20(30)2)28-16-14-21-8-12-23(13-9-21)32-19-24(31)29-22-10-11-22;/h8-9,12-13,20,22H,3-7,10-11,14-19H2,1-2H3,(H,29,31)(H2,26,27,28);1H. The first-order valence-electron chi connectivity index (χ1n) is 12.4. The number of aliphatic imine (C=N–C) groups is 1. The Bertz CT molecular complexity index is 724. The van der Waals surface area contributed by atoms with E-state index in [-0.39, 0.29) is 36.5 Å². The van der Waals surface area contributed by atoms with Crippen molar-refractivity contribution in [3.05, 3.63) is 29.8 Å². The molecule has 186 valence electrons. The van der Waals surface area contributed by atoms with Gasteiger partial charge in [-0.3, -0.25) is 9.79 Å². The molecule has 1 aliphatic carbocycles. The molecule has 8 heteroatoms. The highest BCUT2D eigenvalue weighted by atomic mass is 127. The van der Waals surface area contributed by atoms with Crippen LogP contribution in [0.25, 0.3) is 0 Å². The molecule has 7 nitrogen and oxygen atoms in total. The fourth-order valence-electron chi connectivity index (χ4n) is 4.02. The van der Waals surface area contributed by atoms with Crippen LogP contribution in [0.5, 0.6) is 5.75 Å². The number of nitrogens with zero attached hydrogens (tertiary/aromatic N) is 2. The molecule has 0 spiro atoms. The van der Waals surface area contributed by atoms with Crippen LogP contribution in [0, 0.1) is 0 Å². The Balaban J connectivity index is 0.00000385. The van der Waals surface area contributed by atoms with Gasteiger partial charge in [0, 0.05) is 38.3 Å². The molecule has 1 atom stereocenters. The first-order valence-corrected chi connectivity index (χ1v) is 12.4. The van der Waals surface area contributed by atoms with E-state index < -0.39 is 0 Å². The highest BCUT2D eigenvalue weighted by Gasteiger charge is 2.23. The zero-order chi connectivity index (χ0) is 22.6. The largest absolute Gasteiger partial charge is 0.484 e. The van der Waals surface area contributed by atoms with E-state index in [2.05, 4.69) is 46.8 Å². The van der Waals surface area contributed by atoms with Crippen LogP contribution in [-0.4, -0.2) is 68.2 Å². The van der Waals surface area contributed by atoms with E-state index in [4.69, 9.17) is 9.73 Å². The number of halogens is 1. The first kappa shape index (κ1) is 27.7. The smallest absolute Gasteiger partial charge is 0.258 e. The molecule has 3 N–H and O–H groups in total. The molecule has 0 bridgehead atoms. The van der Waals surface area contributed by atoms with Crippen molar-refractivity contribution >= 4 is 35.8 Å². The van der Waals surface area contributed by atoms with Crippen molar-refractivity contribution in [3.8, 4) is 5.75 Å². The average molecular weight is 572 g/mol. The van der Waals surface area contributed by atoms with Gasteiger partial charge in [-0.2, -0.15) is 0 Å². The van der Waals surface area contributed by atoms with Crippen molar-refractivity contribution < 1.29 is 9.53 Å². The lowest BCUT2D eigenvalue weighted by molar-refractivity contribution is -0.123. The maximum Gasteiger partial charge on any atom is 0.258 e. The summed E-state index contributed by atoms with van der Waals surface area (Å²) in [5.41, 5.74) is 1.22. The maximum absolute atomic E-state index is 11.7. The summed E-state index contributed by atoms with van der Waals surface area (Å²) in [7, 11) is 0. The van der Waals surface area contributed by atoms with E-state index >= 15 is 0 Å². The van der Waals surface area contributed by atoms with Crippen LogP contribution in [0.2, 0.25) is 0 Å². The average Bonchev–Trinajstić information content (AvgIpc) is 3.61. The van der Waals surface area contributed by atoms with Gasteiger partial charge in [-0.25, -0.2) is 0 Å². The molecule has 2 aliphatic rings. The van der Waals surface area contributed by atoms with Crippen LogP contribution in [0.3, 0.4) is 0 Å². The Morgan fingerprint density at radius 2 is 1.94 bits per heavy atom. The number of guanidine groups is 1. The normalized spacial score (nSPS) is 18.8. The van der Waals surface area contributed by atoms with Crippen molar-refractivity contribution in [2.45, 2.75) is 70.9 Å². The number of piperidine rings is 1. The number of nitrogens with one attached hydrogen (secondary N) is 3. The van der Waals surface area contributed by atoms with Crippen molar-refractivity contribution in [3.63, 3.8) is 0 Å². The lowest BCUT2D eigenvalue weighted by Crippen LogP contribution is -2.39. The number of rotatable bonds is 12. The molecule has 33 heavy (non-hydrogen) atoms. The summed E-state index contributed by atoms with van der Waals surface area (Å²) in [4.78, 5) is 19.1. The third-order valence-corrected chi connectivity index (χ3v) is 6.10. The maximum atomic E-state index is 11.7. The molecule has 1 saturated heterocycles. The molecular weight excluding hydrogens is 529 g/mol. The summed E-state index contributed by atoms with van der Waals surface area (Å²) in [6.07, 6.45) is 8.22. The molecule has 1 amide bonds. The number of hydrogen-bond acceptors (Lipinski definition) is 4. The van der Waals surface area contributed by atoms with Crippen LogP contribution < -0.4 is 20.7 Å². The lowest BCUT2D eigenvalue weighted by atomic mass is 10.0. The number of amides is 1. The van der Waals surface area contributed by atoms with E-state index in [1.54, 1.807) is 0 Å². The molecule has 0 radical (unpaired) electrons.